The molecule has 0 fully saturated rings. The highest BCUT2D eigenvalue weighted by molar-refractivity contribution is 9.10. The lowest BCUT2D eigenvalue weighted by molar-refractivity contribution is -0.119. The van der Waals surface area contributed by atoms with Gasteiger partial charge in [0, 0.05) is 10.0 Å². The molecule has 1 aliphatic heterocycles. The van der Waals surface area contributed by atoms with Crippen molar-refractivity contribution in [3.63, 3.8) is 0 Å². The van der Waals surface area contributed by atoms with Crippen molar-refractivity contribution < 1.29 is 27.4 Å². The van der Waals surface area contributed by atoms with Gasteiger partial charge in [-0.15, -0.1) is 0 Å². The van der Waals surface area contributed by atoms with Crippen LogP contribution in [0.5, 0.6) is 17.2 Å². The minimum atomic E-state index is -4.11. The molecule has 0 atom stereocenters. The number of ether oxygens (including phenoxy) is 3. The van der Waals surface area contributed by atoms with Gasteiger partial charge >= 0.3 is 0 Å². The Bertz CT molecular complexity index is 1430. The van der Waals surface area contributed by atoms with Crippen molar-refractivity contribution in [3.05, 3.63) is 75.2 Å². The van der Waals surface area contributed by atoms with Crippen LogP contribution in [0.15, 0.2) is 69.1 Å². The molecule has 1 N–H and O–H groups in total. The Kier molecular flexibility index (Phi) is 7.72. The van der Waals surface area contributed by atoms with Crippen LogP contribution in [0.1, 0.15) is 11.1 Å². The van der Waals surface area contributed by atoms with Gasteiger partial charge in [0.1, 0.15) is 12.3 Å². The molecule has 4 rings (SSSR count). The summed E-state index contributed by atoms with van der Waals surface area (Å²) in [5.74, 6) is 0.859. The Morgan fingerprint density at radius 2 is 1.86 bits per heavy atom. The third-order valence-electron chi connectivity index (χ3n) is 5.20. The van der Waals surface area contributed by atoms with Crippen molar-refractivity contribution in [2.24, 2.45) is 5.10 Å². The molecule has 0 aliphatic carbocycles. The van der Waals surface area contributed by atoms with Gasteiger partial charge in [-0.2, -0.15) is 5.10 Å². The number of carbonyl (C=O) groups is 1. The van der Waals surface area contributed by atoms with Crippen LogP contribution in [-0.2, 0) is 14.8 Å². The number of hydrogen-bond donors (Lipinski definition) is 1. The second kappa shape index (κ2) is 10.8. The van der Waals surface area contributed by atoms with Gasteiger partial charge in [0.25, 0.3) is 15.9 Å². The molecule has 0 spiro atoms. The fourth-order valence-corrected chi connectivity index (χ4v) is 5.42. The maximum absolute atomic E-state index is 13.5. The fraction of sp³-hybridized carbons (Fsp3) is 0.167. The highest BCUT2D eigenvalue weighted by atomic mass is 79.9. The molecule has 36 heavy (non-hydrogen) atoms. The lowest BCUT2D eigenvalue weighted by Crippen LogP contribution is -2.39. The van der Waals surface area contributed by atoms with Crippen LogP contribution in [-0.4, -0.2) is 41.0 Å². The Morgan fingerprint density at radius 3 is 2.53 bits per heavy atom. The average Bonchev–Trinajstić information content (AvgIpc) is 3.30. The van der Waals surface area contributed by atoms with E-state index < -0.39 is 22.5 Å². The number of nitrogens with one attached hydrogen (secondary N) is 1. The number of rotatable bonds is 8. The molecule has 0 saturated carbocycles. The van der Waals surface area contributed by atoms with E-state index in [1.807, 2.05) is 6.92 Å². The molecule has 188 valence electrons. The van der Waals surface area contributed by atoms with Crippen LogP contribution >= 0.6 is 27.5 Å². The maximum Gasteiger partial charge on any atom is 0.264 e. The zero-order valence-corrected chi connectivity index (χ0v) is 22.4. The molecule has 3 aromatic carbocycles. The van der Waals surface area contributed by atoms with Gasteiger partial charge < -0.3 is 14.2 Å². The summed E-state index contributed by atoms with van der Waals surface area (Å²) in [6, 6.07) is 14.2. The summed E-state index contributed by atoms with van der Waals surface area (Å²) in [6.07, 6.45) is 1.41. The molecule has 0 saturated heterocycles. The van der Waals surface area contributed by atoms with Crippen molar-refractivity contribution >= 4 is 55.4 Å². The summed E-state index contributed by atoms with van der Waals surface area (Å²) in [6.45, 7) is 1.43. The highest BCUT2D eigenvalue weighted by Crippen LogP contribution is 2.36. The first-order chi connectivity index (χ1) is 17.2. The number of anilines is 1. The Labute approximate surface area is 221 Å². The van der Waals surface area contributed by atoms with Crippen molar-refractivity contribution in [2.75, 3.05) is 24.8 Å². The number of nitrogens with zero attached hydrogens (tertiary/aromatic N) is 2. The summed E-state index contributed by atoms with van der Waals surface area (Å²) in [4.78, 5) is 12.8. The van der Waals surface area contributed by atoms with Gasteiger partial charge in [0.15, 0.2) is 11.5 Å². The van der Waals surface area contributed by atoms with Crippen LogP contribution in [0.3, 0.4) is 0 Å². The van der Waals surface area contributed by atoms with E-state index in [1.54, 1.807) is 24.3 Å². The van der Waals surface area contributed by atoms with Gasteiger partial charge in [0.05, 0.1) is 28.9 Å². The maximum atomic E-state index is 13.5. The molecular weight excluding hydrogens is 574 g/mol. The molecular formula is C24H21BrClN3O6S. The molecule has 0 unspecified atom stereocenters. The third-order valence-corrected chi connectivity index (χ3v) is 7.97. The van der Waals surface area contributed by atoms with Crippen LogP contribution in [0.25, 0.3) is 0 Å². The first-order valence-electron chi connectivity index (χ1n) is 10.5. The second-order valence-electron chi connectivity index (χ2n) is 7.66. The molecule has 9 nitrogen and oxygen atoms in total. The average molecular weight is 595 g/mol. The summed E-state index contributed by atoms with van der Waals surface area (Å²) in [5.41, 5.74) is 4.09. The van der Waals surface area contributed by atoms with Crippen LogP contribution in [0, 0.1) is 6.92 Å². The van der Waals surface area contributed by atoms with Crippen LogP contribution in [0.2, 0.25) is 5.02 Å². The van der Waals surface area contributed by atoms with Crippen molar-refractivity contribution in [1.29, 1.82) is 0 Å². The van der Waals surface area contributed by atoms with E-state index in [2.05, 4.69) is 26.5 Å². The van der Waals surface area contributed by atoms with E-state index in [1.165, 1.54) is 43.7 Å². The number of hydrogen-bond acceptors (Lipinski definition) is 7. The number of aryl methyl sites for hydroxylation is 1. The van der Waals surface area contributed by atoms with E-state index in [9.17, 15) is 13.2 Å². The van der Waals surface area contributed by atoms with Crippen molar-refractivity contribution in [3.8, 4) is 17.2 Å². The Morgan fingerprint density at radius 1 is 1.17 bits per heavy atom. The minimum absolute atomic E-state index is 0.0284. The van der Waals surface area contributed by atoms with E-state index in [0.29, 0.717) is 27.3 Å². The number of amides is 1. The number of benzene rings is 3. The van der Waals surface area contributed by atoms with Gasteiger partial charge in [0.2, 0.25) is 6.79 Å². The quantitative estimate of drug-likeness (QED) is 0.304. The highest BCUT2D eigenvalue weighted by Gasteiger charge is 2.28. The fourth-order valence-electron chi connectivity index (χ4n) is 3.33. The summed E-state index contributed by atoms with van der Waals surface area (Å²) < 4.78 is 44.5. The molecule has 1 aliphatic rings. The van der Waals surface area contributed by atoms with E-state index in [4.69, 9.17) is 25.8 Å². The van der Waals surface area contributed by atoms with E-state index >= 15 is 0 Å². The van der Waals surface area contributed by atoms with Crippen LogP contribution < -0.4 is 23.9 Å². The third kappa shape index (κ3) is 5.58. The van der Waals surface area contributed by atoms with Gasteiger partial charge in [-0.1, -0.05) is 29.3 Å². The van der Waals surface area contributed by atoms with E-state index in [0.717, 1.165) is 9.87 Å². The van der Waals surface area contributed by atoms with E-state index in [-0.39, 0.29) is 22.4 Å². The first-order valence-corrected chi connectivity index (χ1v) is 13.1. The Balaban J connectivity index is 1.58. The number of hydrazone groups is 1. The molecule has 1 heterocycles. The molecule has 0 radical (unpaired) electrons. The van der Waals surface area contributed by atoms with Crippen molar-refractivity contribution in [2.45, 2.75) is 11.8 Å². The minimum Gasteiger partial charge on any atom is -0.495 e. The summed E-state index contributed by atoms with van der Waals surface area (Å²) in [5, 5.41) is 4.17. The topological polar surface area (TPSA) is 107 Å². The molecule has 3 aromatic rings. The normalized spacial score (nSPS) is 12.6. The zero-order chi connectivity index (χ0) is 25.9. The first kappa shape index (κ1) is 25.8. The standard InChI is InChI=1S/C24H21BrClN3O6S/c1-15-3-6-18(7-4-15)36(31,32)29(17-5-8-21(33-2)20(26)10-17)13-24(30)28-27-12-16-9-22-23(11-19(16)25)35-14-34-22/h3-12H,13-14H2,1-2H3,(H,28,30)/b27-12-. The number of halogens is 2. The largest absolute Gasteiger partial charge is 0.495 e. The molecule has 12 heteroatoms. The van der Waals surface area contributed by atoms with Crippen molar-refractivity contribution in [1.82, 2.24) is 5.43 Å². The lowest BCUT2D eigenvalue weighted by atomic mass is 10.2. The Hall–Kier alpha value is -3.28. The second-order valence-corrected chi connectivity index (χ2v) is 10.8. The predicted molar refractivity (Wildman–Crippen MR) is 140 cm³/mol. The SMILES string of the molecule is COc1ccc(N(CC(=O)N/N=C\c2cc3c(cc2Br)OCO3)S(=O)(=O)c2ccc(C)cc2)cc1Cl. The predicted octanol–water partition coefficient (Wildman–Crippen LogP) is 4.49. The molecule has 0 bridgehead atoms. The number of methoxy groups -OCH3 is 1. The molecule has 0 aromatic heterocycles. The number of fused-ring (bicyclic) bond motifs is 1. The monoisotopic (exact) mass is 593 g/mol. The van der Waals surface area contributed by atoms with Gasteiger partial charge in [-0.05, 0) is 65.3 Å². The zero-order valence-electron chi connectivity index (χ0n) is 19.2. The summed E-state index contributed by atoms with van der Waals surface area (Å²) in [7, 11) is -2.66. The molecule has 1 amide bonds. The number of sulfonamides is 1. The number of carbonyl (C=O) groups excluding carboxylic acids is 1. The lowest BCUT2D eigenvalue weighted by Gasteiger charge is -2.24. The van der Waals surface area contributed by atoms with Crippen LogP contribution in [0.4, 0.5) is 5.69 Å². The van der Waals surface area contributed by atoms with Gasteiger partial charge in [-0.25, -0.2) is 13.8 Å². The smallest absolute Gasteiger partial charge is 0.264 e. The van der Waals surface area contributed by atoms with Gasteiger partial charge in [-0.3, -0.25) is 9.10 Å². The summed E-state index contributed by atoms with van der Waals surface area (Å²) >= 11 is 9.65.